The predicted octanol–water partition coefficient (Wildman–Crippen LogP) is 1.52. The number of hydrogen-bond donors (Lipinski definition) is 1. The van der Waals surface area contributed by atoms with Gasteiger partial charge in [0.25, 0.3) is 0 Å². The van der Waals surface area contributed by atoms with Crippen molar-refractivity contribution >= 4 is 5.95 Å². The first-order valence-corrected chi connectivity index (χ1v) is 5.52. The van der Waals surface area contributed by atoms with Gasteiger partial charge in [0.05, 0.1) is 18.2 Å². The van der Waals surface area contributed by atoms with Crippen molar-refractivity contribution in [3.05, 3.63) is 18.0 Å². The van der Waals surface area contributed by atoms with Crippen molar-refractivity contribution in [2.24, 2.45) is 0 Å². The minimum Gasteiger partial charge on any atom is -0.373 e. The van der Waals surface area contributed by atoms with Crippen molar-refractivity contribution in [1.82, 2.24) is 9.97 Å². The molecular weight excluding hydrogens is 190 g/mol. The Balaban J connectivity index is 1.68. The maximum atomic E-state index is 5.76. The van der Waals surface area contributed by atoms with Crippen molar-refractivity contribution in [3.63, 3.8) is 0 Å². The summed E-state index contributed by atoms with van der Waals surface area (Å²) in [6, 6.07) is 0.409. The minimum absolute atomic E-state index is 0.375. The Kier molecular flexibility index (Phi) is 2.09. The number of nitrogens with zero attached hydrogens (tertiary/aromatic N) is 2. The summed E-state index contributed by atoms with van der Waals surface area (Å²) in [4.78, 5) is 8.50. The fourth-order valence-electron chi connectivity index (χ4n) is 2.42. The summed E-state index contributed by atoms with van der Waals surface area (Å²) in [5.74, 6) is 0.724. The zero-order valence-corrected chi connectivity index (χ0v) is 8.81. The van der Waals surface area contributed by atoms with Gasteiger partial charge in [0.1, 0.15) is 0 Å². The van der Waals surface area contributed by atoms with Gasteiger partial charge in [0.2, 0.25) is 5.95 Å². The summed E-state index contributed by atoms with van der Waals surface area (Å²) in [5, 5.41) is 3.35. The summed E-state index contributed by atoms with van der Waals surface area (Å²) < 4.78 is 5.76. The molecule has 1 aromatic heterocycles. The molecule has 2 bridgehead atoms. The second-order valence-electron chi connectivity index (χ2n) is 4.44. The molecule has 0 spiro atoms. The fourth-order valence-corrected chi connectivity index (χ4v) is 2.42. The molecule has 2 saturated heterocycles. The van der Waals surface area contributed by atoms with Gasteiger partial charge in [0, 0.05) is 12.4 Å². The summed E-state index contributed by atoms with van der Waals surface area (Å²) in [6.07, 6.45) is 8.01. The lowest BCUT2D eigenvalue weighted by atomic mass is 9.96. The third-order valence-electron chi connectivity index (χ3n) is 3.20. The van der Waals surface area contributed by atoms with E-state index in [1.54, 1.807) is 0 Å². The van der Waals surface area contributed by atoms with E-state index >= 15 is 0 Å². The van der Waals surface area contributed by atoms with E-state index in [-0.39, 0.29) is 0 Å². The van der Waals surface area contributed by atoms with Crippen LogP contribution in [0.5, 0.6) is 0 Å². The van der Waals surface area contributed by atoms with Gasteiger partial charge in [-0.25, -0.2) is 9.97 Å². The van der Waals surface area contributed by atoms with Gasteiger partial charge in [-0.05, 0) is 31.7 Å². The van der Waals surface area contributed by atoms with Crippen LogP contribution in [-0.2, 0) is 4.74 Å². The Morgan fingerprint density at radius 3 is 2.73 bits per heavy atom. The highest BCUT2D eigenvalue weighted by molar-refractivity contribution is 5.27. The second kappa shape index (κ2) is 3.45. The molecular formula is C11H15N3O. The molecule has 2 aliphatic rings. The van der Waals surface area contributed by atoms with Crippen molar-refractivity contribution in [2.75, 3.05) is 5.32 Å². The molecule has 3 atom stereocenters. The van der Waals surface area contributed by atoms with Crippen LogP contribution < -0.4 is 5.32 Å². The monoisotopic (exact) mass is 205 g/mol. The van der Waals surface area contributed by atoms with Crippen molar-refractivity contribution in [3.8, 4) is 0 Å². The Bertz CT molecular complexity index is 351. The molecule has 0 saturated carbocycles. The molecule has 0 aliphatic carbocycles. The third-order valence-corrected chi connectivity index (χ3v) is 3.20. The topological polar surface area (TPSA) is 47.0 Å². The van der Waals surface area contributed by atoms with E-state index in [2.05, 4.69) is 15.3 Å². The number of anilines is 1. The number of rotatable bonds is 2. The quantitative estimate of drug-likeness (QED) is 0.795. The maximum absolute atomic E-state index is 5.76. The van der Waals surface area contributed by atoms with Crippen LogP contribution >= 0.6 is 0 Å². The van der Waals surface area contributed by atoms with Gasteiger partial charge in [-0.15, -0.1) is 0 Å². The van der Waals surface area contributed by atoms with Crippen LogP contribution in [0, 0.1) is 6.92 Å². The zero-order valence-electron chi connectivity index (χ0n) is 8.81. The molecule has 3 rings (SSSR count). The first kappa shape index (κ1) is 9.09. The number of ether oxygens (including phenoxy) is 1. The molecule has 4 heteroatoms. The van der Waals surface area contributed by atoms with Crippen molar-refractivity contribution in [2.45, 2.75) is 44.4 Å². The highest BCUT2D eigenvalue weighted by Gasteiger charge is 2.40. The van der Waals surface area contributed by atoms with E-state index in [1.165, 1.54) is 12.8 Å². The van der Waals surface area contributed by atoms with E-state index in [1.807, 2.05) is 19.3 Å². The number of hydrogen-bond acceptors (Lipinski definition) is 4. The van der Waals surface area contributed by atoms with Crippen molar-refractivity contribution in [1.29, 1.82) is 0 Å². The summed E-state index contributed by atoms with van der Waals surface area (Å²) >= 11 is 0. The van der Waals surface area contributed by atoms with E-state index in [9.17, 15) is 0 Å². The van der Waals surface area contributed by atoms with Crippen molar-refractivity contribution < 1.29 is 4.74 Å². The lowest BCUT2D eigenvalue weighted by Crippen LogP contribution is -2.31. The van der Waals surface area contributed by atoms with Gasteiger partial charge in [-0.1, -0.05) is 0 Å². The molecule has 1 aromatic rings. The Labute approximate surface area is 89.1 Å². The van der Waals surface area contributed by atoms with Crippen LogP contribution in [0.25, 0.3) is 0 Å². The SMILES string of the molecule is Cc1cnc(NC2CC3CCC2O3)nc1. The van der Waals surface area contributed by atoms with Crippen LogP contribution in [0.15, 0.2) is 12.4 Å². The molecule has 2 aliphatic heterocycles. The second-order valence-corrected chi connectivity index (χ2v) is 4.44. The van der Waals surface area contributed by atoms with Gasteiger partial charge < -0.3 is 10.1 Å². The lowest BCUT2D eigenvalue weighted by molar-refractivity contribution is 0.102. The van der Waals surface area contributed by atoms with Gasteiger partial charge in [-0.3, -0.25) is 0 Å². The molecule has 3 heterocycles. The predicted molar refractivity (Wildman–Crippen MR) is 56.7 cm³/mol. The molecule has 3 unspecified atom stereocenters. The molecule has 0 aromatic carbocycles. The number of aryl methyl sites for hydroxylation is 1. The molecule has 80 valence electrons. The van der Waals surface area contributed by atoms with E-state index < -0.39 is 0 Å². The standard InChI is InChI=1S/C11H15N3O/c1-7-5-12-11(13-6-7)14-9-4-8-2-3-10(9)15-8/h5-6,8-10H,2-4H2,1H3,(H,12,13,14). The summed E-state index contributed by atoms with van der Waals surface area (Å²) in [5.41, 5.74) is 1.09. The molecule has 0 amide bonds. The smallest absolute Gasteiger partial charge is 0.222 e. The molecule has 2 fully saturated rings. The minimum atomic E-state index is 0.375. The summed E-state index contributed by atoms with van der Waals surface area (Å²) in [6.45, 7) is 1.99. The molecule has 15 heavy (non-hydrogen) atoms. The van der Waals surface area contributed by atoms with Gasteiger partial charge in [-0.2, -0.15) is 0 Å². The highest BCUT2D eigenvalue weighted by atomic mass is 16.5. The molecule has 0 radical (unpaired) electrons. The van der Waals surface area contributed by atoms with E-state index in [4.69, 9.17) is 4.74 Å². The Morgan fingerprint density at radius 1 is 1.33 bits per heavy atom. The van der Waals surface area contributed by atoms with E-state index in [0.717, 1.165) is 17.9 Å². The third kappa shape index (κ3) is 1.69. The summed E-state index contributed by atoms with van der Waals surface area (Å²) in [7, 11) is 0. The average Bonchev–Trinajstić information content (AvgIpc) is 2.83. The fraction of sp³-hybridized carbons (Fsp3) is 0.636. The zero-order chi connectivity index (χ0) is 10.3. The normalized spacial score (nSPS) is 33.3. The average molecular weight is 205 g/mol. The Morgan fingerprint density at radius 2 is 2.13 bits per heavy atom. The van der Waals surface area contributed by atoms with Crippen LogP contribution in [0.3, 0.4) is 0 Å². The first-order valence-electron chi connectivity index (χ1n) is 5.52. The Hall–Kier alpha value is -1.16. The van der Waals surface area contributed by atoms with Crippen LogP contribution in [0.4, 0.5) is 5.95 Å². The van der Waals surface area contributed by atoms with Gasteiger partial charge >= 0.3 is 0 Å². The van der Waals surface area contributed by atoms with Crippen LogP contribution in [-0.4, -0.2) is 28.2 Å². The van der Waals surface area contributed by atoms with Gasteiger partial charge in [0.15, 0.2) is 0 Å². The largest absolute Gasteiger partial charge is 0.373 e. The number of fused-ring (bicyclic) bond motifs is 2. The van der Waals surface area contributed by atoms with E-state index in [0.29, 0.717) is 18.2 Å². The molecule has 4 nitrogen and oxygen atoms in total. The highest BCUT2D eigenvalue weighted by Crippen LogP contribution is 2.35. The first-order chi connectivity index (χ1) is 7.31. The lowest BCUT2D eigenvalue weighted by Gasteiger charge is -2.19. The maximum Gasteiger partial charge on any atom is 0.222 e. The number of nitrogens with one attached hydrogen (secondary N) is 1. The molecule has 1 N–H and O–H groups in total. The number of aromatic nitrogens is 2. The van der Waals surface area contributed by atoms with Crippen LogP contribution in [0.2, 0.25) is 0 Å². The van der Waals surface area contributed by atoms with Crippen LogP contribution in [0.1, 0.15) is 24.8 Å².